The molecule has 3 rings (SSSR count). The van der Waals surface area contributed by atoms with Crippen LogP contribution >= 0.6 is 23.1 Å². The minimum absolute atomic E-state index is 0.131. The number of carbonyl (C=O) groups excluding carboxylic acids is 2. The second-order valence-corrected chi connectivity index (χ2v) is 8.45. The number of rotatable bonds is 6. The van der Waals surface area contributed by atoms with E-state index in [9.17, 15) is 18.4 Å². The number of benzene rings is 1. The molecule has 2 heterocycles. The number of halogens is 2. The van der Waals surface area contributed by atoms with Gasteiger partial charge in [-0.25, -0.2) is 13.8 Å². The van der Waals surface area contributed by atoms with Crippen molar-refractivity contribution in [2.75, 3.05) is 13.1 Å². The molecule has 1 aliphatic rings. The van der Waals surface area contributed by atoms with Crippen LogP contribution in [0, 0.1) is 22.7 Å². The molecule has 11 heteroatoms. The van der Waals surface area contributed by atoms with Crippen LogP contribution in [0.15, 0.2) is 34.5 Å². The van der Waals surface area contributed by atoms with Gasteiger partial charge in [-0.1, -0.05) is 0 Å². The molecule has 1 aromatic carbocycles. The van der Waals surface area contributed by atoms with Crippen molar-refractivity contribution >= 4 is 34.9 Å². The zero-order valence-corrected chi connectivity index (χ0v) is 17.1. The van der Waals surface area contributed by atoms with Gasteiger partial charge in [0.05, 0.1) is 36.5 Å². The predicted molar refractivity (Wildman–Crippen MR) is 106 cm³/mol. The fourth-order valence-corrected chi connectivity index (χ4v) is 4.49. The van der Waals surface area contributed by atoms with Gasteiger partial charge >= 0.3 is 0 Å². The van der Waals surface area contributed by atoms with Crippen LogP contribution < -0.4 is 5.32 Å². The highest BCUT2D eigenvalue weighted by molar-refractivity contribution is 7.98. The maximum atomic E-state index is 13.4. The van der Waals surface area contributed by atoms with Crippen molar-refractivity contribution in [3.8, 4) is 12.1 Å². The number of thiazole rings is 1. The van der Waals surface area contributed by atoms with Crippen LogP contribution in [-0.4, -0.2) is 46.8 Å². The van der Waals surface area contributed by atoms with E-state index in [1.54, 1.807) is 23.6 Å². The standard InChI is InChI=1S/C19H15F2N5O2S2/c20-19(21)5-13(7-23)26(11-19)17(27)8-24-18(28)15-9-30-16(25-15)10-29-14-3-1-12(6-22)2-4-14/h1-4,9,13H,5,8,10-11H2,(H,24,28)/t13-/m0/s1. The van der Waals surface area contributed by atoms with E-state index in [1.165, 1.54) is 23.1 Å². The highest BCUT2D eigenvalue weighted by Gasteiger charge is 2.47. The van der Waals surface area contributed by atoms with Gasteiger partial charge in [0.25, 0.3) is 11.8 Å². The molecule has 1 aromatic heterocycles. The number of alkyl halides is 2. The molecular weight excluding hydrogens is 432 g/mol. The quantitative estimate of drug-likeness (QED) is 0.682. The minimum Gasteiger partial charge on any atom is -0.342 e. The predicted octanol–water partition coefficient (Wildman–Crippen LogP) is 2.80. The molecule has 1 saturated heterocycles. The molecule has 0 saturated carbocycles. The van der Waals surface area contributed by atoms with Crippen molar-refractivity contribution in [1.29, 1.82) is 10.5 Å². The van der Waals surface area contributed by atoms with E-state index in [2.05, 4.69) is 10.3 Å². The van der Waals surface area contributed by atoms with E-state index in [0.29, 0.717) is 16.3 Å². The van der Waals surface area contributed by atoms with Gasteiger partial charge in [0.1, 0.15) is 16.7 Å². The number of hydrogen-bond donors (Lipinski definition) is 1. The SMILES string of the molecule is N#Cc1ccc(SCc2nc(C(=O)NCC(=O)N3CC(F)(F)C[C@H]3C#N)cs2)cc1. The van der Waals surface area contributed by atoms with Gasteiger partial charge in [-0.05, 0) is 24.3 Å². The van der Waals surface area contributed by atoms with E-state index >= 15 is 0 Å². The fraction of sp³-hybridized carbons (Fsp3) is 0.316. The molecular formula is C19H15F2N5O2S2. The van der Waals surface area contributed by atoms with E-state index in [-0.39, 0.29) is 5.69 Å². The summed E-state index contributed by atoms with van der Waals surface area (Å²) >= 11 is 2.79. The van der Waals surface area contributed by atoms with E-state index < -0.39 is 43.3 Å². The van der Waals surface area contributed by atoms with E-state index in [4.69, 9.17) is 10.5 Å². The molecule has 1 atom stereocenters. The van der Waals surface area contributed by atoms with Gasteiger partial charge in [-0.15, -0.1) is 23.1 Å². The summed E-state index contributed by atoms with van der Waals surface area (Å²) in [6, 6.07) is 9.62. The molecule has 0 aliphatic carbocycles. The molecule has 1 aliphatic heterocycles. The van der Waals surface area contributed by atoms with Gasteiger partial charge in [0.15, 0.2) is 0 Å². The number of thioether (sulfide) groups is 1. The molecule has 154 valence electrons. The highest BCUT2D eigenvalue weighted by atomic mass is 32.2. The molecule has 0 spiro atoms. The van der Waals surface area contributed by atoms with Crippen LogP contribution in [0.25, 0.3) is 0 Å². The largest absolute Gasteiger partial charge is 0.342 e. The lowest BCUT2D eigenvalue weighted by atomic mass is 10.2. The van der Waals surface area contributed by atoms with Crippen LogP contribution in [0.2, 0.25) is 0 Å². The number of aromatic nitrogens is 1. The molecule has 2 aromatic rings. The lowest BCUT2D eigenvalue weighted by Gasteiger charge is -2.19. The maximum absolute atomic E-state index is 13.4. The van der Waals surface area contributed by atoms with Gasteiger partial charge in [-0.3, -0.25) is 9.59 Å². The number of hydrogen-bond acceptors (Lipinski definition) is 7. The smallest absolute Gasteiger partial charge is 0.271 e. The Balaban J connectivity index is 1.50. The summed E-state index contributed by atoms with van der Waals surface area (Å²) in [5, 5.41) is 22.4. The summed E-state index contributed by atoms with van der Waals surface area (Å²) in [7, 11) is 0. The number of amides is 2. The lowest BCUT2D eigenvalue weighted by molar-refractivity contribution is -0.131. The van der Waals surface area contributed by atoms with Crippen molar-refractivity contribution < 1.29 is 18.4 Å². The lowest BCUT2D eigenvalue weighted by Crippen LogP contribution is -2.43. The topological polar surface area (TPSA) is 110 Å². The Hall–Kier alpha value is -3.02. The first kappa shape index (κ1) is 21.7. The van der Waals surface area contributed by atoms with E-state index in [0.717, 1.165) is 9.80 Å². The van der Waals surface area contributed by atoms with Crippen molar-refractivity contribution in [3.05, 3.63) is 45.9 Å². The zero-order valence-electron chi connectivity index (χ0n) is 15.5. The Labute approximate surface area is 179 Å². The van der Waals surface area contributed by atoms with Crippen molar-refractivity contribution in [3.63, 3.8) is 0 Å². The number of nitriles is 2. The molecule has 7 nitrogen and oxygen atoms in total. The Bertz CT molecular complexity index is 1030. The molecule has 2 amide bonds. The zero-order chi connectivity index (χ0) is 21.7. The average molecular weight is 447 g/mol. The average Bonchev–Trinajstić information content (AvgIpc) is 3.34. The first-order valence-electron chi connectivity index (χ1n) is 8.74. The minimum atomic E-state index is -3.10. The summed E-state index contributed by atoms with van der Waals surface area (Å²) in [6.45, 7) is -1.31. The number of nitrogens with one attached hydrogen (secondary N) is 1. The Kier molecular flexibility index (Phi) is 6.65. The van der Waals surface area contributed by atoms with Gasteiger partial charge in [0.2, 0.25) is 5.91 Å². The molecule has 30 heavy (non-hydrogen) atoms. The third kappa shape index (κ3) is 5.32. The highest BCUT2D eigenvalue weighted by Crippen LogP contribution is 2.31. The maximum Gasteiger partial charge on any atom is 0.271 e. The normalized spacial score (nSPS) is 17.2. The fourth-order valence-electron chi connectivity index (χ4n) is 2.79. The van der Waals surface area contributed by atoms with Crippen LogP contribution in [-0.2, 0) is 10.5 Å². The van der Waals surface area contributed by atoms with Crippen LogP contribution in [0.3, 0.4) is 0 Å². The van der Waals surface area contributed by atoms with Crippen molar-refractivity contribution in [1.82, 2.24) is 15.2 Å². The Morgan fingerprint density at radius 2 is 2.07 bits per heavy atom. The second-order valence-electron chi connectivity index (χ2n) is 6.46. The molecule has 1 fully saturated rings. The summed E-state index contributed by atoms with van der Waals surface area (Å²) < 4.78 is 26.9. The van der Waals surface area contributed by atoms with Gasteiger partial charge in [-0.2, -0.15) is 10.5 Å². The summed E-state index contributed by atoms with van der Waals surface area (Å²) in [5.41, 5.74) is 0.702. The summed E-state index contributed by atoms with van der Waals surface area (Å²) in [4.78, 5) is 30.3. The molecule has 1 N–H and O–H groups in total. The Morgan fingerprint density at radius 1 is 1.33 bits per heavy atom. The number of nitrogens with zero attached hydrogens (tertiary/aromatic N) is 4. The molecule has 0 bridgehead atoms. The summed E-state index contributed by atoms with van der Waals surface area (Å²) in [6.07, 6.45) is -0.699. The molecule has 0 radical (unpaired) electrons. The summed E-state index contributed by atoms with van der Waals surface area (Å²) in [5.74, 6) is -3.90. The number of carbonyl (C=O) groups is 2. The van der Waals surface area contributed by atoms with Crippen molar-refractivity contribution in [2.45, 2.75) is 29.0 Å². The first-order chi connectivity index (χ1) is 14.3. The van der Waals surface area contributed by atoms with Crippen molar-refractivity contribution in [2.24, 2.45) is 0 Å². The number of likely N-dealkylation sites (tertiary alicyclic amines) is 1. The monoisotopic (exact) mass is 447 g/mol. The third-order valence-electron chi connectivity index (χ3n) is 4.27. The first-order valence-corrected chi connectivity index (χ1v) is 10.6. The second kappa shape index (κ2) is 9.20. The van der Waals surface area contributed by atoms with Crippen LogP contribution in [0.5, 0.6) is 0 Å². The van der Waals surface area contributed by atoms with Crippen LogP contribution in [0.4, 0.5) is 8.78 Å². The third-order valence-corrected chi connectivity index (χ3v) is 6.32. The van der Waals surface area contributed by atoms with Crippen LogP contribution in [0.1, 0.15) is 27.5 Å². The Morgan fingerprint density at radius 3 is 2.73 bits per heavy atom. The molecule has 0 unspecified atom stereocenters. The van der Waals surface area contributed by atoms with Gasteiger partial charge < -0.3 is 10.2 Å². The van der Waals surface area contributed by atoms with Gasteiger partial charge in [0, 0.05) is 16.7 Å². The van der Waals surface area contributed by atoms with E-state index in [1.807, 2.05) is 18.2 Å².